The third-order valence-corrected chi connectivity index (χ3v) is 7.87. The normalized spacial score (nSPS) is 43.6. The molecule has 5 nitrogen and oxygen atoms in total. The third kappa shape index (κ3) is 1.43. The number of carbonyl (C=O) groups excluding carboxylic acids is 1. The second-order valence-electron chi connectivity index (χ2n) is 8.18. The first-order valence-corrected chi connectivity index (χ1v) is 9.58. The van der Waals surface area contributed by atoms with Crippen molar-refractivity contribution in [3.05, 3.63) is 41.5 Å². The Labute approximate surface area is 154 Å². The first-order valence-electron chi connectivity index (χ1n) is 9.58. The lowest BCUT2D eigenvalue weighted by Crippen LogP contribution is -2.70. The predicted octanol–water partition coefficient (Wildman–Crippen LogP) is 2.27. The lowest BCUT2D eigenvalue weighted by Gasteiger charge is -2.57. The van der Waals surface area contributed by atoms with Gasteiger partial charge in [-0.2, -0.15) is 0 Å². The minimum absolute atomic E-state index is 0.0105. The van der Waals surface area contributed by atoms with E-state index in [4.69, 9.17) is 4.74 Å². The van der Waals surface area contributed by atoms with Crippen LogP contribution in [0.1, 0.15) is 31.7 Å². The first kappa shape index (κ1) is 16.3. The Hall–Kier alpha value is -1.85. The summed E-state index contributed by atoms with van der Waals surface area (Å²) in [7, 11) is 1.46. The number of nitrogens with one attached hydrogen (secondary N) is 1. The number of ether oxygens (including phenoxy) is 1. The topological polar surface area (TPSA) is 61.8 Å². The molecule has 4 fully saturated rings. The molecule has 1 saturated carbocycles. The molecular formula is C21H26N2O3. The highest BCUT2D eigenvalue weighted by Crippen LogP contribution is 2.72. The molecule has 4 aliphatic heterocycles. The molecule has 5 aliphatic rings. The van der Waals surface area contributed by atoms with Gasteiger partial charge < -0.3 is 15.2 Å². The highest BCUT2D eigenvalue weighted by Gasteiger charge is 2.80. The van der Waals surface area contributed by atoms with E-state index in [1.807, 2.05) is 12.1 Å². The molecule has 5 heteroatoms. The maximum Gasteiger partial charge on any atom is 0.315 e. The zero-order chi connectivity index (χ0) is 18.2. The fraction of sp³-hybridized carbons (Fsp3) is 0.571. The van der Waals surface area contributed by atoms with Crippen molar-refractivity contribution in [2.24, 2.45) is 11.3 Å². The zero-order valence-corrected chi connectivity index (χ0v) is 15.4. The van der Waals surface area contributed by atoms with Gasteiger partial charge in [-0.25, -0.2) is 0 Å². The number of nitrogens with zero attached hydrogens (tertiary/aromatic N) is 1. The quantitative estimate of drug-likeness (QED) is 0.630. The Morgan fingerprint density at radius 1 is 1.42 bits per heavy atom. The van der Waals surface area contributed by atoms with Crippen molar-refractivity contribution in [1.82, 2.24) is 4.90 Å². The first-order chi connectivity index (χ1) is 12.6. The second-order valence-corrected chi connectivity index (χ2v) is 8.18. The van der Waals surface area contributed by atoms with Gasteiger partial charge in [0.05, 0.1) is 19.1 Å². The van der Waals surface area contributed by atoms with Crippen LogP contribution in [0.15, 0.2) is 35.9 Å². The van der Waals surface area contributed by atoms with Crippen molar-refractivity contribution in [2.75, 3.05) is 32.1 Å². The molecule has 0 amide bonds. The molecule has 4 bridgehead atoms. The highest BCUT2D eigenvalue weighted by molar-refractivity contribution is 5.85. The van der Waals surface area contributed by atoms with Crippen LogP contribution < -0.4 is 5.32 Å². The molecule has 138 valence electrons. The number of benzene rings is 1. The summed E-state index contributed by atoms with van der Waals surface area (Å²) in [4.78, 5) is 15.9. The molecular weight excluding hydrogens is 328 g/mol. The number of hydrogen-bond acceptors (Lipinski definition) is 5. The highest BCUT2D eigenvalue weighted by atomic mass is 16.5. The molecule has 6 rings (SSSR count). The summed E-state index contributed by atoms with van der Waals surface area (Å²) in [5.41, 5.74) is 1.79. The molecule has 0 radical (unpaired) electrons. The van der Waals surface area contributed by atoms with Gasteiger partial charge in [0.15, 0.2) is 0 Å². The van der Waals surface area contributed by atoms with Crippen LogP contribution in [0.2, 0.25) is 0 Å². The molecule has 26 heavy (non-hydrogen) atoms. The van der Waals surface area contributed by atoms with Gasteiger partial charge in [0.25, 0.3) is 0 Å². The fourth-order valence-electron chi connectivity index (χ4n) is 7.01. The molecule has 1 spiro atoms. The molecule has 4 heterocycles. The SMILES string of the molecule is C/C=C1/CN2CC[C@@]34c5ccccc5NC23CC[C@H]1C4(CO)C(=O)OC. The standard InChI is InChI=1S/C21H26N2O3/c1-3-14-12-23-11-10-20-16-6-4-5-7-17(16)22-21(20,23)9-8-15(14)19(20,13-24)18(25)26-2/h3-7,15,22,24H,8-13H2,1-2H3/b14-3-/t15-,19?,20+,21?/m1/s1. The lowest BCUT2D eigenvalue weighted by molar-refractivity contribution is -0.174. The third-order valence-electron chi connectivity index (χ3n) is 7.87. The number of anilines is 1. The van der Waals surface area contributed by atoms with Crippen molar-refractivity contribution < 1.29 is 14.6 Å². The van der Waals surface area contributed by atoms with Crippen molar-refractivity contribution in [3.63, 3.8) is 0 Å². The number of allylic oxidation sites excluding steroid dienone is 1. The maximum atomic E-state index is 13.4. The number of para-hydroxylation sites is 1. The molecule has 3 saturated heterocycles. The van der Waals surface area contributed by atoms with Crippen LogP contribution in [0, 0.1) is 11.3 Å². The summed E-state index contributed by atoms with van der Waals surface area (Å²) >= 11 is 0. The van der Waals surface area contributed by atoms with E-state index in [1.165, 1.54) is 18.2 Å². The molecule has 2 N–H and O–H groups in total. The summed E-state index contributed by atoms with van der Waals surface area (Å²) in [5.74, 6) is -0.257. The molecule has 1 aromatic rings. The zero-order valence-electron chi connectivity index (χ0n) is 15.4. The van der Waals surface area contributed by atoms with Crippen molar-refractivity contribution in [1.29, 1.82) is 0 Å². The van der Waals surface area contributed by atoms with Crippen LogP contribution >= 0.6 is 0 Å². The van der Waals surface area contributed by atoms with Crippen LogP contribution in [0.5, 0.6) is 0 Å². The van der Waals surface area contributed by atoms with Gasteiger partial charge in [-0.15, -0.1) is 0 Å². The van der Waals surface area contributed by atoms with E-state index in [1.54, 1.807) is 0 Å². The van der Waals surface area contributed by atoms with Gasteiger partial charge in [-0.1, -0.05) is 29.8 Å². The summed E-state index contributed by atoms with van der Waals surface area (Å²) < 4.78 is 5.38. The molecule has 0 aromatic heterocycles. The lowest BCUT2D eigenvalue weighted by atomic mass is 9.46. The molecule has 1 aliphatic carbocycles. The number of carbonyl (C=O) groups is 1. The van der Waals surface area contributed by atoms with Crippen molar-refractivity contribution >= 4 is 11.7 Å². The molecule has 1 aromatic carbocycles. The Kier molecular flexibility index (Phi) is 3.21. The van der Waals surface area contributed by atoms with E-state index in [2.05, 4.69) is 35.3 Å². The van der Waals surface area contributed by atoms with Gasteiger partial charge in [0, 0.05) is 24.7 Å². The van der Waals surface area contributed by atoms with Crippen molar-refractivity contribution in [2.45, 2.75) is 37.3 Å². The van der Waals surface area contributed by atoms with Gasteiger partial charge in [-0.05, 0) is 37.8 Å². The Bertz CT molecular complexity index is 821. The fourth-order valence-corrected chi connectivity index (χ4v) is 7.01. The Balaban J connectivity index is 1.90. The monoisotopic (exact) mass is 354 g/mol. The van der Waals surface area contributed by atoms with Crippen LogP contribution in [0.25, 0.3) is 0 Å². The average Bonchev–Trinajstić information content (AvgIpc) is 3.06. The van der Waals surface area contributed by atoms with Crippen molar-refractivity contribution in [3.8, 4) is 0 Å². The van der Waals surface area contributed by atoms with Gasteiger partial charge >= 0.3 is 5.97 Å². The maximum absolute atomic E-state index is 13.4. The summed E-state index contributed by atoms with van der Waals surface area (Å²) in [6.07, 6.45) is 4.87. The summed E-state index contributed by atoms with van der Waals surface area (Å²) in [6.45, 7) is 3.63. The second kappa shape index (κ2) is 5.11. The number of fused-ring (bicyclic) bond motifs is 3. The van der Waals surface area contributed by atoms with E-state index >= 15 is 0 Å². The number of hydrogen-bond donors (Lipinski definition) is 2. The smallest absolute Gasteiger partial charge is 0.315 e. The minimum atomic E-state index is -0.952. The van der Waals surface area contributed by atoms with E-state index in [0.29, 0.717) is 0 Å². The van der Waals surface area contributed by atoms with E-state index < -0.39 is 10.8 Å². The molecule has 3 unspecified atom stereocenters. The number of rotatable bonds is 2. The number of methoxy groups -OCH3 is 1. The van der Waals surface area contributed by atoms with Crippen LogP contribution in [0.3, 0.4) is 0 Å². The van der Waals surface area contributed by atoms with E-state index in [9.17, 15) is 9.90 Å². The summed E-state index contributed by atoms with van der Waals surface area (Å²) in [5, 5.41) is 14.6. The largest absolute Gasteiger partial charge is 0.468 e. The number of esters is 1. The Morgan fingerprint density at radius 2 is 2.23 bits per heavy atom. The van der Waals surface area contributed by atoms with Gasteiger partial charge in [-0.3, -0.25) is 9.69 Å². The van der Waals surface area contributed by atoms with Crippen LogP contribution in [-0.4, -0.2) is 48.4 Å². The molecule has 5 atom stereocenters. The minimum Gasteiger partial charge on any atom is -0.468 e. The van der Waals surface area contributed by atoms with Crippen LogP contribution in [-0.2, 0) is 14.9 Å². The number of aliphatic hydroxyl groups is 1. The van der Waals surface area contributed by atoms with Gasteiger partial charge in [0.1, 0.15) is 11.1 Å². The van der Waals surface area contributed by atoms with Crippen LogP contribution in [0.4, 0.5) is 5.69 Å². The van der Waals surface area contributed by atoms with E-state index in [0.717, 1.165) is 38.0 Å². The predicted molar refractivity (Wildman–Crippen MR) is 98.7 cm³/mol. The number of aliphatic hydroxyl groups excluding tert-OH is 1. The Morgan fingerprint density at radius 3 is 2.96 bits per heavy atom. The summed E-state index contributed by atoms with van der Waals surface area (Å²) in [6, 6.07) is 8.33. The van der Waals surface area contributed by atoms with Gasteiger partial charge in [0.2, 0.25) is 0 Å². The van der Waals surface area contributed by atoms with E-state index in [-0.39, 0.29) is 24.2 Å². The average molecular weight is 354 g/mol.